The maximum absolute atomic E-state index is 11.2. The summed E-state index contributed by atoms with van der Waals surface area (Å²) in [7, 11) is 0. The summed E-state index contributed by atoms with van der Waals surface area (Å²) in [6.45, 7) is 2.98. The molecule has 0 fully saturated rings. The van der Waals surface area contributed by atoms with E-state index in [9.17, 15) is 4.79 Å². The third-order valence-electron chi connectivity index (χ3n) is 1.89. The van der Waals surface area contributed by atoms with E-state index < -0.39 is 0 Å². The quantitative estimate of drug-likeness (QED) is 0.771. The van der Waals surface area contributed by atoms with Crippen LogP contribution in [0.2, 0.25) is 5.02 Å². The van der Waals surface area contributed by atoms with Crippen LogP contribution in [0.1, 0.15) is 12.1 Å². The van der Waals surface area contributed by atoms with Crippen molar-refractivity contribution in [3.05, 3.63) is 16.9 Å². The minimum absolute atomic E-state index is 0.00771. The van der Waals surface area contributed by atoms with E-state index in [0.717, 1.165) is 5.69 Å². The number of hydrogen-bond acceptors (Lipinski definition) is 3. The van der Waals surface area contributed by atoms with Gasteiger partial charge in [-0.1, -0.05) is 11.6 Å². The standard InChI is InChI=1S/C9H14ClN3OS/c1-7-8(10)6-13(12-7)4-2-9(14)11-3-5-15/h6,15H,2-5H2,1H3,(H,11,14). The topological polar surface area (TPSA) is 46.9 Å². The fourth-order valence-corrected chi connectivity index (χ4v) is 1.37. The lowest BCUT2D eigenvalue weighted by atomic mass is 10.4. The first-order valence-electron chi connectivity index (χ1n) is 4.70. The number of halogens is 1. The van der Waals surface area contributed by atoms with E-state index in [1.165, 1.54) is 0 Å². The van der Waals surface area contributed by atoms with Gasteiger partial charge in [-0.25, -0.2) is 0 Å². The van der Waals surface area contributed by atoms with E-state index in [4.69, 9.17) is 11.6 Å². The summed E-state index contributed by atoms with van der Waals surface area (Å²) in [5, 5.41) is 7.52. The largest absolute Gasteiger partial charge is 0.355 e. The Kier molecular flexibility index (Phi) is 4.98. The number of thiol groups is 1. The highest BCUT2D eigenvalue weighted by Gasteiger charge is 2.04. The van der Waals surface area contributed by atoms with E-state index in [2.05, 4.69) is 23.0 Å². The summed E-state index contributed by atoms with van der Waals surface area (Å²) < 4.78 is 1.68. The molecule has 1 aromatic rings. The summed E-state index contributed by atoms with van der Waals surface area (Å²) in [5.74, 6) is 0.659. The third kappa shape index (κ3) is 4.13. The summed E-state index contributed by atoms with van der Waals surface area (Å²) >= 11 is 9.83. The minimum atomic E-state index is 0.00771. The van der Waals surface area contributed by atoms with Crippen LogP contribution in [0.5, 0.6) is 0 Å². The molecule has 6 heteroatoms. The second kappa shape index (κ2) is 6.02. The average Bonchev–Trinajstić information content (AvgIpc) is 2.52. The van der Waals surface area contributed by atoms with Crippen molar-refractivity contribution in [3.8, 4) is 0 Å². The first-order valence-corrected chi connectivity index (χ1v) is 5.71. The normalized spacial score (nSPS) is 10.3. The molecule has 1 heterocycles. The van der Waals surface area contributed by atoms with E-state index in [0.29, 0.717) is 30.3 Å². The molecule has 0 atom stereocenters. The molecule has 0 aliphatic rings. The van der Waals surface area contributed by atoms with Crippen molar-refractivity contribution in [1.82, 2.24) is 15.1 Å². The number of rotatable bonds is 5. The Bertz CT molecular complexity index is 321. The SMILES string of the molecule is Cc1nn(CCC(=O)NCCS)cc1Cl. The maximum Gasteiger partial charge on any atom is 0.221 e. The van der Waals surface area contributed by atoms with Crippen LogP contribution in [0.4, 0.5) is 0 Å². The molecule has 0 saturated carbocycles. The van der Waals surface area contributed by atoms with Crippen molar-refractivity contribution in [1.29, 1.82) is 0 Å². The second-order valence-electron chi connectivity index (χ2n) is 3.15. The number of nitrogens with zero attached hydrogens (tertiary/aromatic N) is 2. The molecule has 1 aromatic heterocycles. The molecule has 0 saturated heterocycles. The molecule has 15 heavy (non-hydrogen) atoms. The number of carbonyl (C=O) groups excluding carboxylic acids is 1. The van der Waals surface area contributed by atoms with Gasteiger partial charge < -0.3 is 5.32 Å². The molecular weight excluding hydrogens is 234 g/mol. The zero-order valence-corrected chi connectivity index (χ0v) is 10.2. The van der Waals surface area contributed by atoms with Crippen LogP contribution < -0.4 is 5.32 Å². The van der Waals surface area contributed by atoms with E-state index in [-0.39, 0.29) is 5.91 Å². The van der Waals surface area contributed by atoms with Gasteiger partial charge >= 0.3 is 0 Å². The summed E-state index contributed by atoms with van der Waals surface area (Å²) in [5.41, 5.74) is 0.785. The molecule has 0 aliphatic heterocycles. The highest BCUT2D eigenvalue weighted by Crippen LogP contribution is 2.11. The fourth-order valence-electron chi connectivity index (χ4n) is 1.11. The van der Waals surface area contributed by atoms with Crippen molar-refractivity contribution in [3.63, 3.8) is 0 Å². The Hall–Kier alpha value is -0.680. The van der Waals surface area contributed by atoms with Crippen LogP contribution in [0, 0.1) is 6.92 Å². The Labute approximate surface area is 99.4 Å². The zero-order chi connectivity index (χ0) is 11.3. The van der Waals surface area contributed by atoms with Gasteiger partial charge in [-0.05, 0) is 6.92 Å². The maximum atomic E-state index is 11.2. The van der Waals surface area contributed by atoms with Crippen molar-refractivity contribution < 1.29 is 4.79 Å². The Morgan fingerprint density at radius 3 is 3.00 bits per heavy atom. The lowest BCUT2D eigenvalue weighted by Crippen LogP contribution is -2.26. The monoisotopic (exact) mass is 247 g/mol. The Morgan fingerprint density at radius 2 is 2.47 bits per heavy atom. The third-order valence-corrected chi connectivity index (χ3v) is 2.48. The number of aromatic nitrogens is 2. The van der Waals surface area contributed by atoms with Gasteiger partial charge in [0.1, 0.15) is 0 Å². The molecule has 0 aliphatic carbocycles. The molecular formula is C9H14ClN3OS. The van der Waals surface area contributed by atoms with Gasteiger partial charge in [0.2, 0.25) is 5.91 Å². The van der Waals surface area contributed by atoms with Gasteiger partial charge in [0, 0.05) is 31.5 Å². The average molecular weight is 248 g/mol. The van der Waals surface area contributed by atoms with Crippen molar-refractivity contribution in [2.75, 3.05) is 12.3 Å². The first kappa shape index (κ1) is 12.4. The van der Waals surface area contributed by atoms with Crippen molar-refractivity contribution in [2.45, 2.75) is 19.9 Å². The molecule has 0 radical (unpaired) electrons. The molecule has 1 rings (SSSR count). The molecule has 1 amide bonds. The lowest BCUT2D eigenvalue weighted by molar-refractivity contribution is -0.121. The molecule has 0 aromatic carbocycles. The summed E-state index contributed by atoms with van der Waals surface area (Å²) in [6.07, 6.45) is 2.13. The van der Waals surface area contributed by atoms with Crippen LogP contribution in [-0.2, 0) is 11.3 Å². The lowest BCUT2D eigenvalue weighted by Gasteiger charge is -2.02. The summed E-state index contributed by atoms with van der Waals surface area (Å²) in [4.78, 5) is 11.2. The fraction of sp³-hybridized carbons (Fsp3) is 0.556. The number of carbonyl (C=O) groups is 1. The molecule has 0 unspecified atom stereocenters. The number of nitrogens with one attached hydrogen (secondary N) is 1. The predicted molar refractivity (Wildman–Crippen MR) is 63.5 cm³/mol. The molecule has 0 spiro atoms. The number of aryl methyl sites for hydroxylation is 2. The van der Waals surface area contributed by atoms with Crippen molar-refractivity contribution >= 4 is 30.1 Å². The van der Waals surface area contributed by atoms with Gasteiger partial charge in [-0.2, -0.15) is 17.7 Å². The zero-order valence-electron chi connectivity index (χ0n) is 8.53. The van der Waals surface area contributed by atoms with E-state index in [1.807, 2.05) is 6.92 Å². The molecule has 84 valence electrons. The smallest absolute Gasteiger partial charge is 0.221 e. The van der Waals surface area contributed by atoms with Crippen LogP contribution in [0.25, 0.3) is 0 Å². The number of hydrogen-bond donors (Lipinski definition) is 2. The molecule has 0 bridgehead atoms. The Morgan fingerprint density at radius 1 is 1.73 bits per heavy atom. The van der Waals surface area contributed by atoms with Gasteiger partial charge in [0.25, 0.3) is 0 Å². The first-order chi connectivity index (χ1) is 7.13. The second-order valence-corrected chi connectivity index (χ2v) is 4.00. The molecule has 1 N–H and O–H groups in total. The summed E-state index contributed by atoms with van der Waals surface area (Å²) in [6, 6.07) is 0. The minimum Gasteiger partial charge on any atom is -0.355 e. The van der Waals surface area contributed by atoms with Gasteiger partial charge in [0.15, 0.2) is 0 Å². The van der Waals surface area contributed by atoms with Crippen LogP contribution >= 0.6 is 24.2 Å². The van der Waals surface area contributed by atoms with Crippen LogP contribution in [0.15, 0.2) is 6.20 Å². The Balaban J connectivity index is 2.33. The highest BCUT2D eigenvalue weighted by molar-refractivity contribution is 7.80. The van der Waals surface area contributed by atoms with Gasteiger partial charge in [0.05, 0.1) is 10.7 Å². The number of amides is 1. The van der Waals surface area contributed by atoms with E-state index >= 15 is 0 Å². The molecule has 4 nitrogen and oxygen atoms in total. The van der Waals surface area contributed by atoms with Gasteiger partial charge in [-0.3, -0.25) is 9.48 Å². The van der Waals surface area contributed by atoms with Crippen LogP contribution in [0.3, 0.4) is 0 Å². The van der Waals surface area contributed by atoms with E-state index in [1.54, 1.807) is 10.9 Å². The predicted octanol–water partition coefficient (Wildman–Crippen LogP) is 1.28. The van der Waals surface area contributed by atoms with Crippen LogP contribution in [-0.4, -0.2) is 28.0 Å². The highest BCUT2D eigenvalue weighted by atomic mass is 35.5. The van der Waals surface area contributed by atoms with Gasteiger partial charge in [-0.15, -0.1) is 0 Å². The van der Waals surface area contributed by atoms with Crippen molar-refractivity contribution in [2.24, 2.45) is 0 Å².